The monoisotopic (exact) mass is 325 g/mol. The average molecular weight is 325 g/mol. The van der Waals surface area contributed by atoms with Gasteiger partial charge in [-0.2, -0.15) is 10.2 Å². The summed E-state index contributed by atoms with van der Waals surface area (Å²) in [6.07, 6.45) is 3.63. The average Bonchev–Trinajstić information content (AvgIpc) is 2.95. The number of nitrogens with zero attached hydrogens (tertiary/aromatic N) is 3. The molecule has 2 N–H and O–H groups in total. The molecule has 0 amide bonds. The maximum absolute atomic E-state index is 12.3. The molecule has 0 atom stereocenters. The molecule has 0 aromatic carbocycles. The molecular weight excluding hydrogens is 302 g/mol. The molecule has 0 fully saturated rings. The smallest absolute Gasteiger partial charge is 0.266 e. The van der Waals surface area contributed by atoms with Gasteiger partial charge in [0.1, 0.15) is 4.90 Å². The number of aromatic nitrogens is 4. The van der Waals surface area contributed by atoms with E-state index in [1.807, 2.05) is 13.8 Å². The number of sulfonamides is 1. The maximum Gasteiger partial charge on any atom is 0.266 e. The van der Waals surface area contributed by atoms with Crippen molar-refractivity contribution >= 4 is 15.8 Å². The second-order valence-corrected chi connectivity index (χ2v) is 8.55. The highest BCUT2D eigenvalue weighted by Gasteiger charge is 2.20. The van der Waals surface area contributed by atoms with Crippen LogP contribution in [0.25, 0.3) is 0 Å². The van der Waals surface area contributed by atoms with E-state index in [1.165, 1.54) is 12.4 Å². The molecule has 0 saturated heterocycles. The molecule has 0 aliphatic rings. The SMILES string of the molecule is CC(C)n1cc(S(=O)(=O)Nc2cc(CC(C)(C)C)[nH]n2)cn1. The van der Waals surface area contributed by atoms with Crippen molar-refractivity contribution in [2.45, 2.75) is 52.0 Å². The Morgan fingerprint density at radius 1 is 1.36 bits per heavy atom. The van der Waals surface area contributed by atoms with E-state index in [9.17, 15) is 8.42 Å². The van der Waals surface area contributed by atoms with Crippen molar-refractivity contribution in [3.63, 3.8) is 0 Å². The molecular formula is C14H23N5O2S. The van der Waals surface area contributed by atoms with Crippen LogP contribution in [0.15, 0.2) is 23.4 Å². The van der Waals surface area contributed by atoms with Gasteiger partial charge in [-0.3, -0.25) is 14.5 Å². The molecule has 0 unspecified atom stereocenters. The molecule has 8 heteroatoms. The predicted molar refractivity (Wildman–Crippen MR) is 85.2 cm³/mol. The van der Waals surface area contributed by atoms with Gasteiger partial charge in [0.2, 0.25) is 0 Å². The summed E-state index contributed by atoms with van der Waals surface area (Å²) in [5.41, 5.74) is 0.990. The van der Waals surface area contributed by atoms with Crippen LogP contribution in [0.5, 0.6) is 0 Å². The third-order valence-electron chi connectivity index (χ3n) is 3.01. The largest absolute Gasteiger partial charge is 0.280 e. The van der Waals surface area contributed by atoms with Crippen molar-refractivity contribution in [2.75, 3.05) is 4.72 Å². The first kappa shape index (κ1) is 16.5. The highest BCUT2D eigenvalue weighted by Crippen LogP contribution is 2.22. The van der Waals surface area contributed by atoms with Gasteiger partial charge < -0.3 is 0 Å². The van der Waals surface area contributed by atoms with Gasteiger partial charge in [0.05, 0.1) is 6.20 Å². The second-order valence-electron chi connectivity index (χ2n) is 6.87. The van der Waals surface area contributed by atoms with E-state index < -0.39 is 10.0 Å². The molecule has 2 heterocycles. The first-order valence-corrected chi connectivity index (χ1v) is 8.66. The molecule has 22 heavy (non-hydrogen) atoms. The van der Waals surface area contributed by atoms with Crippen molar-refractivity contribution < 1.29 is 8.42 Å². The summed E-state index contributed by atoms with van der Waals surface area (Å²) in [6, 6.07) is 1.82. The van der Waals surface area contributed by atoms with Gasteiger partial charge >= 0.3 is 0 Å². The Bertz CT molecular complexity index is 737. The Balaban J connectivity index is 2.15. The molecule has 2 aromatic heterocycles. The van der Waals surface area contributed by atoms with Crippen molar-refractivity contribution in [1.29, 1.82) is 0 Å². The van der Waals surface area contributed by atoms with Gasteiger partial charge in [-0.15, -0.1) is 0 Å². The lowest BCUT2D eigenvalue weighted by atomic mass is 9.91. The Morgan fingerprint density at radius 2 is 2.05 bits per heavy atom. The quantitative estimate of drug-likeness (QED) is 0.883. The third-order valence-corrected chi connectivity index (χ3v) is 4.32. The van der Waals surface area contributed by atoms with Gasteiger partial charge in [-0.25, -0.2) is 8.42 Å². The van der Waals surface area contributed by atoms with Crippen LogP contribution in [-0.2, 0) is 16.4 Å². The van der Waals surface area contributed by atoms with Gasteiger partial charge in [-0.1, -0.05) is 20.8 Å². The Labute approximate surface area is 131 Å². The lowest BCUT2D eigenvalue weighted by Gasteiger charge is -2.15. The highest BCUT2D eigenvalue weighted by molar-refractivity contribution is 7.92. The van der Waals surface area contributed by atoms with Crippen LogP contribution >= 0.6 is 0 Å². The predicted octanol–water partition coefficient (Wildman–Crippen LogP) is 2.58. The molecule has 7 nitrogen and oxygen atoms in total. The van der Waals surface area contributed by atoms with Crippen molar-refractivity contribution in [1.82, 2.24) is 20.0 Å². The van der Waals surface area contributed by atoms with Crippen LogP contribution < -0.4 is 4.72 Å². The standard InChI is InChI=1S/C14H23N5O2S/c1-10(2)19-9-12(8-15-19)22(20,21)18-13-6-11(16-17-13)7-14(3,4)5/h6,8-10H,7H2,1-5H3,(H2,16,17,18). The molecule has 0 saturated carbocycles. The Morgan fingerprint density at radius 3 is 2.59 bits per heavy atom. The summed E-state index contributed by atoms with van der Waals surface area (Å²) in [7, 11) is -3.67. The Hall–Kier alpha value is -1.83. The van der Waals surface area contributed by atoms with E-state index in [-0.39, 0.29) is 22.2 Å². The number of rotatable bonds is 5. The van der Waals surface area contributed by atoms with E-state index in [4.69, 9.17) is 0 Å². The van der Waals surface area contributed by atoms with Gasteiger partial charge in [-0.05, 0) is 25.7 Å². The topological polar surface area (TPSA) is 92.7 Å². The molecule has 0 radical (unpaired) electrons. The van der Waals surface area contributed by atoms with E-state index in [0.29, 0.717) is 0 Å². The first-order chi connectivity index (χ1) is 10.1. The lowest BCUT2D eigenvalue weighted by Crippen LogP contribution is -2.12. The summed E-state index contributed by atoms with van der Waals surface area (Å²) in [6.45, 7) is 10.2. The molecule has 0 aliphatic carbocycles. The zero-order chi connectivity index (χ0) is 16.5. The van der Waals surface area contributed by atoms with Crippen LogP contribution in [-0.4, -0.2) is 28.4 Å². The van der Waals surface area contributed by atoms with Gasteiger partial charge in [0.15, 0.2) is 5.82 Å². The third kappa shape index (κ3) is 4.09. The summed E-state index contributed by atoms with van der Waals surface area (Å²) in [5, 5.41) is 10.9. The van der Waals surface area contributed by atoms with Crippen molar-refractivity contribution in [2.24, 2.45) is 5.41 Å². The normalized spacial score (nSPS) is 12.8. The zero-order valence-electron chi connectivity index (χ0n) is 13.6. The van der Waals surface area contributed by atoms with Crippen LogP contribution in [0, 0.1) is 5.41 Å². The number of anilines is 1. The number of hydrogen-bond acceptors (Lipinski definition) is 4. The fourth-order valence-corrected chi connectivity index (χ4v) is 2.94. The fraction of sp³-hybridized carbons (Fsp3) is 0.571. The number of aromatic amines is 1. The minimum absolute atomic E-state index is 0.0983. The first-order valence-electron chi connectivity index (χ1n) is 7.18. The molecule has 2 rings (SSSR count). The molecule has 0 aliphatic heterocycles. The van der Waals surface area contributed by atoms with E-state index in [2.05, 4.69) is 40.8 Å². The minimum atomic E-state index is -3.67. The molecule has 0 spiro atoms. The van der Waals surface area contributed by atoms with E-state index >= 15 is 0 Å². The molecule has 0 bridgehead atoms. The van der Waals surface area contributed by atoms with Gasteiger partial charge in [0.25, 0.3) is 10.0 Å². The lowest BCUT2D eigenvalue weighted by molar-refractivity contribution is 0.406. The van der Waals surface area contributed by atoms with Crippen molar-refractivity contribution in [3.05, 3.63) is 24.2 Å². The zero-order valence-corrected chi connectivity index (χ0v) is 14.4. The number of nitrogens with one attached hydrogen (secondary N) is 2. The second kappa shape index (κ2) is 5.75. The van der Waals surface area contributed by atoms with Crippen LogP contribution in [0.3, 0.4) is 0 Å². The van der Waals surface area contributed by atoms with Crippen LogP contribution in [0.1, 0.15) is 46.4 Å². The van der Waals surface area contributed by atoms with Crippen LogP contribution in [0.4, 0.5) is 5.82 Å². The summed E-state index contributed by atoms with van der Waals surface area (Å²) in [4.78, 5) is 0.126. The summed E-state index contributed by atoms with van der Waals surface area (Å²) >= 11 is 0. The minimum Gasteiger partial charge on any atom is -0.280 e. The summed E-state index contributed by atoms with van der Waals surface area (Å²) < 4.78 is 28.7. The fourth-order valence-electron chi connectivity index (χ4n) is 2.01. The van der Waals surface area contributed by atoms with Gasteiger partial charge in [0, 0.05) is 24.0 Å². The maximum atomic E-state index is 12.3. The van der Waals surface area contributed by atoms with E-state index in [0.717, 1.165) is 12.1 Å². The van der Waals surface area contributed by atoms with Crippen molar-refractivity contribution in [3.8, 4) is 0 Å². The summed E-state index contributed by atoms with van der Waals surface area (Å²) in [5.74, 6) is 0.288. The number of hydrogen-bond donors (Lipinski definition) is 2. The Kier molecular flexibility index (Phi) is 4.32. The highest BCUT2D eigenvalue weighted by atomic mass is 32.2. The van der Waals surface area contributed by atoms with E-state index in [1.54, 1.807) is 10.7 Å². The molecule has 2 aromatic rings. The number of H-pyrrole nitrogens is 1. The van der Waals surface area contributed by atoms with Crippen LogP contribution in [0.2, 0.25) is 0 Å². The molecule has 122 valence electrons.